The first-order valence-corrected chi connectivity index (χ1v) is 5.05. The van der Waals surface area contributed by atoms with Crippen molar-refractivity contribution in [2.45, 2.75) is 13.3 Å². The molecule has 1 N–H and O–H groups in total. The number of aliphatic hydroxyl groups is 1. The van der Waals surface area contributed by atoms with Crippen LogP contribution in [-0.2, 0) is 0 Å². The summed E-state index contributed by atoms with van der Waals surface area (Å²) in [6, 6.07) is 6.98. The van der Waals surface area contributed by atoms with Gasteiger partial charge in [0.25, 0.3) is 0 Å². The summed E-state index contributed by atoms with van der Waals surface area (Å²) in [7, 11) is 0. The van der Waals surface area contributed by atoms with Crippen LogP contribution in [0.4, 0.5) is 0 Å². The normalized spacial score (nSPS) is 12.1. The molecule has 1 aromatic rings. The highest BCUT2D eigenvalue weighted by Gasteiger charge is 2.00. The van der Waals surface area contributed by atoms with E-state index < -0.39 is 0 Å². The number of aldehydes is 1. The third-order valence-corrected chi connectivity index (χ3v) is 2.21. The van der Waals surface area contributed by atoms with Crippen molar-refractivity contribution in [2.24, 2.45) is 5.92 Å². The van der Waals surface area contributed by atoms with E-state index in [4.69, 9.17) is 9.84 Å². The third kappa shape index (κ3) is 4.13. The number of hydrogen-bond donors (Lipinski definition) is 1. The summed E-state index contributed by atoms with van der Waals surface area (Å²) >= 11 is 0. The molecule has 1 atom stereocenters. The minimum atomic E-state index is 0.188. The zero-order chi connectivity index (χ0) is 11.1. The monoisotopic (exact) mass is 208 g/mol. The Balaban J connectivity index is 2.34. The Kier molecular flexibility index (Phi) is 4.84. The van der Waals surface area contributed by atoms with Crippen molar-refractivity contribution in [1.29, 1.82) is 0 Å². The van der Waals surface area contributed by atoms with Crippen LogP contribution in [0, 0.1) is 5.92 Å². The molecule has 0 radical (unpaired) electrons. The van der Waals surface area contributed by atoms with Gasteiger partial charge in [0.2, 0.25) is 0 Å². The molecule has 0 saturated carbocycles. The molecule has 15 heavy (non-hydrogen) atoms. The Morgan fingerprint density at radius 2 is 2.07 bits per heavy atom. The standard InChI is InChI=1S/C12H16O3/c1-10(8-13)6-7-15-12-4-2-11(9-14)3-5-12/h2-5,9-10,13H,6-8H2,1H3. The summed E-state index contributed by atoms with van der Waals surface area (Å²) in [6.07, 6.45) is 1.63. The first-order valence-electron chi connectivity index (χ1n) is 5.05. The minimum absolute atomic E-state index is 0.188. The van der Waals surface area contributed by atoms with Crippen molar-refractivity contribution in [1.82, 2.24) is 0 Å². The van der Waals surface area contributed by atoms with Crippen molar-refractivity contribution >= 4 is 6.29 Å². The maximum Gasteiger partial charge on any atom is 0.150 e. The molecule has 3 nitrogen and oxygen atoms in total. The molecule has 3 heteroatoms. The second-order valence-corrected chi connectivity index (χ2v) is 3.61. The first-order chi connectivity index (χ1) is 7.26. The Labute approximate surface area is 89.7 Å². The predicted octanol–water partition coefficient (Wildman–Crippen LogP) is 1.90. The van der Waals surface area contributed by atoms with Gasteiger partial charge in [-0.2, -0.15) is 0 Å². The van der Waals surface area contributed by atoms with Gasteiger partial charge in [-0.05, 0) is 36.6 Å². The van der Waals surface area contributed by atoms with Crippen molar-refractivity contribution in [3.8, 4) is 5.75 Å². The lowest BCUT2D eigenvalue weighted by molar-refractivity contribution is 0.112. The molecule has 0 spiro atoms. The first kappa shape index (κ1) is 11.7. The largest absolute Gasteiger partial charge is 0.494 e. The molecule has 1 unspecified atom stereocenters. The molecule has 82 valence electrons. The molecule has 0 heterocycles. The van der Waals surface area contributed by atoms with Gasteiger partial charge in [0.05, 0.1) is 6.61 Å². The van der Waals surface area contributed by atoms with Gasteiger partial charge in [-0.3, -0.25) is 4.79 Å². The van der Waals surface area contributed by atoms with Crippen LogP contribution < -0.4 is 4.74 Å². The van der Waals surface area contributed by atoms with Crippen molar-refractivity contribution in [3.05, 3.63) is 29.8 Å². The highest BCUT2D eigenvalue weighted by Crippen LogP contribution is 2.12. The van der Waals surface area contributed by atoms with Crippen molar-refractivity contribution in [2.75, 3.05) is 13.2 Å². The van der Waals surface area contributed by atoms with Crippen LogP contribution in [0.1, 0.15) is 23.7 Å². The molecule has 0 bridgehead atoms. The van der Waals surface area contributed by atoms with Gasteiger partial charge in [0.15, 0.2) is 0 Å². The predicted molar refractivity (Wildman–Crippen MR) is 58.2 cm³/mol. The Hall–Kier alpha value is -1.35. The summed E-state index contributed by atoms with van der Waals surface area (Å²) < 4.78 is 5.45. The second-order valence-electron chi connectivity index (χ2n) is 3.61. The second kappa shape index (κ2) is 6.19. The maximum absolute atomic E-state index is 10.4. The fourth-order valence-corrected chi connectivity index (χ4v) is 1.11. The fourth-order valence-electron chi connectivity index (χ4n) is 1.11. The summed E-state index contributed by atoms with van der Waals surface area (Å²) in [6.45, 7) is 2.74. The molecule has 0 fully saturated rings. The van der Waals surface area contributed by atoms with Crippen LogP contribution in [0.2, 0.25) is 0 Å². The van der Waals surface area contributed by atoms with E-state index in [-0.39, 0.29) is 12.5 Å². The van der Waals surface area contributed by atoms with Crippen LogP contribution in [0.15, 0.2) is 24.3 Å². The van der Waals surface area contributed by atoms with E-state index in [1.807, 2.05) is 6.92 Å². The van der Waals surface area contributed by atoms with Gasteiger partial charge in [-0.15, -0.1) is 0 Å². The molecule has 1 rings (SSSR count). The number of ether oxygens (including phenoxy) is 1. The van der Waals surface area contributed by atoms with Crippen LogP contribution in [0.25, 0.3) is 0 Å². The average Bonchev–Trinajstić information content (AvgIpc) is 2.29. The summed E-state index contributed by atoms with van der Waals surface area (Å²) in [5.41, 5.74) is 0.645. The average molecular weight is 208 g/mol. The zero-order valence-corrected chi connectivity index (χ0v) is 8.85. The molecule has 0 aliphatic rings. The smallest absolute Gasteiger partial charge is 0.150 e. The summed E-state index contributed by atoms with van der Waals surface area (Å²) in [5, 5.41) is 8.81. The van der Waals surface area contributed by atoms with Gasteiger partial charge < -0.3 is 9.84 Å². The number of carbonyl (C=O) groups excluding carboxylic acids is 1. The Morgan fingerprint density at radius 1 is 1.40 bits per heavy atom. The van der Waals surface area contributed by atoms with Gasteiger partial charge >= 0.3 is 0 Å². The van der Waals surface area contributed by atoms with Gasteiger partial charge in [-0.1, -0.05) is 6.92 Å². The molecular formula is C12H16O3. The molecule has 0 aromatic heterocycles. The summed E-state index contributed by atoms with van der Waals surface area (Å²) in [5.74, 6) is 1.02. The van der Waals surface area contributed by atoms with E-state index in [9.17, 15) is 4.79 Å². The van der Waals surface area contributed by atoms with Crippen LogP contribution in [-0.4, -0.2) is 24.6 Å². The molecule has 0 saturated heterocycles. The van der Waals surface area contributed by atoms with Gasteiger partial charge in [0, 0.05) is 12.2 Å². The lowest BCUT2D eigenvalue weighted by Gasteiger charge is -2.09. The van der Waals surface area contributed by atoms with Crippen molar-refractivity contribution in [3.63, 3.8) is 0 Å². The van der Waals surface area contributed by atoms with Gasteiger partial charge in [0.1, 0.15) is 12.0 Å². The Bertz CT molecular complexity index is 292. The molecule has 0 aliphatic carbocycles. The van der Waals surface area contributed by atoms with Crippen molar-refractivity contribution < 1.29 is 14.6 Å². The van der Waals surface area contributed by atoms with Crippen LogP contribution in [0.3, 0.4) is 0 Å². The highest BCUT2D eigenvalue weighted by atomic mass is 16.5. The fraction of sp³-hybridized carbons (Fsp3) is 0.417. The molecule has 0 amide bonds. The van der Waals surface area contributed by atoms with E-state index in [0.29, 0.717) is 12.2 Å². The maximum atomic E-state index is 10.4. The number of aliphatic hydroxyl groups excluding tert-OH is 1. The van der Waals surface area contributed by atoms with E-state index in [1.54, 1.807) is 24.3 Å². The number of benzene rings is 1. The molecular weight excluding hydrogens is 192 g/mol. The van der Waals surface area contributed by atoms with Crippen LogP contribution >= 0.6 is 0 Å². The number of hydrogen-bond acceptors (Lipinski definition) is 3. The SMILES string of the molecule is CC(CO)CCOc1ccc(C=O)cc1. The minimum Gasteiger partial charge on any atom is -0.494 e. The highest BCUT2D eigenvalue weighted by molar-refractivity contribution is 5.74. The van der Waals surface area contributed by atoms with E-state index in [1.165, 1.54) is 0 Å². The number of rotatable bonds is 6. The van der Waals surface area contributed by atoms with Crippen LogP contribution in [0.5, 0.6) is 5.75 Å². The quantitative estimate of drug-likeness (QED) is 0.726. The topological polar surface area (TPSA) is 46.5 Å². The number of carbonyl (C=O) groups is 1. The van der Waals surface area contributed by atoms with E-state index >= 15 is 0 Å². The lowest BCUT2D eigenvalue weighted by atomic mass is 10.1. The zero-order valence-electron chi connectivity index (χ0n) is 8.85. The summed E-state index contributed by atoms with van der Waals surface area (Å²) in [4.78, 5) is 10.4. The lowest BCUT2D eigenvalue weighted by Crippen LogP contribution is -2.07. The van der Waals surface area contributed by atoms with E-state index in [2.05, 4.69) is 0 Å². The molecule has 1 aromatic carbocycles. The third-order valence-electron chi connectivity index (χ3n) is 2.21. The van der Waals surface area contributed by atoms with E-state index in [0.717, 1.165) is 18.5 Å². The molecule has 0 aliphatic heterocycles. The Morgan fingerprint density at radius 3 is 2.60 bits per heavy atom. The van der Waals surface area contributed by atoms with Gasteiger partial charge in [-0.25, -0.2) is 0 Å².